The average molecular weight is 170 g/mol. The Bertz CT molecular complexity index is 150. The molecule has 0 saturated heterocycles. The molecule has 0 bridgehead atoms. The van der Waals surface area contributed by atoms with Crippen molar-refractivity contribution in [3.8, 4) is 0 Å². The van der Waals surface area contributed by atoms with Gasteiger partial charge < -0.3 is 5.11 Å². The molecule has 0 saturated carbocycles. The lowest BCUT2D eigenvalue weighted by atomic mass is 9.88. The van der Waals surface area contributed by atoms with Gasteiger partial charge in [0.25, 0.3) is 0 Å². The van der Waals surface area contributed by atoms with Gasteiger partial charge in [-0.3, -0.25) is 0 Å². The van der Waals surface area contributed by atoms with E-state index >= 15 is 0 Å². The van der Waals surface area contributed by atoms with E-state index in [1.54, 1.807) is 0 Å². The van der Waals surface area contributed by atoms with Gasteiger partial charge >= 0.3 is 0 Å². The van der Waals surface area contributed by atoms with Gasteiger partial charge in [-0.1, -0.05) is 25.5 Å². The minimum absolute atomic E-state index is 0.336. The first kappa shape index (κ1) is 11.7. The van der Waals surface area contributed by atoms with Crippen LogP contribution in [0.1, 0.15) is 47.5 Å². The molecule has 0 aliphatic rings. The lowest BCUT2D eigenvalue weighted by molar-refractivity contribution is 0.00627. The van der Waals surface area contributed by atoms with Crippen molar-refractivity contribution in [1.29, 1.82) is 0 Å². The molecule has 0 heterocycles. The highest BCUT2D eigenvalue weighted by Gasteiger charge is 2.23. The van der Waals surface area contributed by atoms with Crippen molar-refractivity contribution < 1.29 is 5.11 Å². The Morgan fingerprint density at radius 1 is 1.42 bits per heavy atom. The fraction of sp³-hybridized carbons (Fsp3) is 0.818. The second kappa shape index (κ2) is 4.66. The van der Waals surface area contributed by atoms with E-state index in [1.807, 2.05) is 6.92 Å². The van der Waals surface area contributed by atoms with E-state index in [9.17, 15) is 5.11 Å². The molecule has 0 spiro atoms. The van der Waals surface area contributed by atoms with Gasteiger partial charge in [0.1, 0.15) is 0 Å². The maximum Gasteiger partial charge on any atom is 0.0645 e. The third kappa shape index (κ3) is 4.55. The molecule has 0 amide bonds. The standard InChI is InChI=1S/C11H22O/c1-9(2)7-6-8-11(5,12)10(3)4/h7,10,12H,6,8H2,1-5H3. The van der Waals surface area contributed by atoms with Crippen LogP contribution in [0.4, 0.5) is 0 Å². The Kier molecular flexibility index (Phi) is 4.54. The molecule has 0 aliphatic carbocycles. The van der Waals surface area contributed by atoms with E-state index in [1.165, 1.54) is 5.57 Å². The van der Waals surface area contributed by atoms with Crippen molar-refractivity contribution in [2.24, 2.45) is 5.92 Å². The largest absolute Gasteiger partial charge is 0.390 e. The van der Waals surface area contributed by atoms with Crippen LogP contribution in [0, 0.1) is 5.92 Å². The van der Waals surface area contributed by atoms with Crippen LogP contribution in [0.3, 0.4) is 0 Å². The zero-order valence-corrected chi connectivity index (χ0v) is 9.02. The molecule has 0 aromatic carbocycles. The highest BCUT2D eigenvalue weighted by atomic mass is 16.3. The monoisotopic (exact) mass is 170 g/mol. The van der Waals surface area contributed by atoms with Gasteiger partial charge in [0.2, 0.25) is 0 Å². The van der Waals surface area contributed by atoms with E-state index in [2.05, 4.69) is 33.8 Å². The average Bonchev–Trinajstić information content (AvgIpc) is 1.85. The van der Waals surface area contributed by atoms with Crippen molar-refractivity contribution in [2.75, 3.05) is 0 Å². The molecule has 0 aromatic rings. The molecule has 0 fully saturated rings. The second-order valence-corrected chi connectivity index (χ2v) is 4.33. The molecule has 1 N–H and O–H groups in total. The van der Waals surface area contributed by atoms with Gasteiger partial charge in [-0.2, -0.15) is 0 Å². The molecular weight excluding hydrogens is 148 g/mol. The van der Waals surface area contributed by atoms with Crippen LogP contribution in [0.5, 0.6) is 0 Å². The summed E-state index contributed by atoms with van der Waals surface area (Å²) in [5.41, 5.74) is 0.820. The van der Waals surface area contributed by atoms with Gasteiger partial charge in [0.05, 0.1) is 5.60 Å². The summed E-state index contributed by atoms with van der Waals surface area (Å²) in [5, 5.41) is 9.88. The van der Waals surface area contributed by atoms with E-state index < -0.39 is 5.60 Å². The van der Waals surface area contributed by atoms with Crippen LogP contribution in [0.25, 0.3) is 0 Å². The Balaban J connectivity index is 3.84. The molecule has 0 aliphatic heterocycles. The number of allylic oxidation sites excluding steroid dienone is 2. The highest BCUT2D eigenvalue weighted by molar-refractivity contribution is 4.94. The van der Waals surface area contributed by atoms with Gasteiger partial charge in [-0.15, -0.1) is 0 Å². The van der Waals surface area contributed by atoms with Gasteiger partial charge in [-0.25, -0.2) is 0 Å². The lowest BCUT2D eigenvalue weighted by Crippen LogP contribution is -2.30. The minimum Gasteiger partial charge on any atom is -0.390 e. The summed E-state index contributed by atoms with van der Waals surface area (Å²) in [5.74, 6) is 0.336. The van der Waals surface area contributed by atoms with Gasteiger partial charge in [-0.05, 0) is 39.5 Å². The molecule has 1 heteroatoms. The summed E-state index contributed by atoms with van der Waals surface area (Å²) in [7, 11) is 0. The zero-order valence-electron chi connectivity index (χ0n) is 9.02. The minimum atomic E-state index is -0.508. The van der Waals surface area contributed by atoms with Crippen LogP contribution in [-0.4, -0.2) is 10.7 Å². The van der Waals surface area contributed by atoms with E-state index in [0.717, 1.165) is 12.8 Å². The van der Waals surface area contributed by atoms with Crippen molar-refractivity contribution in [3.63, 3.8) is 0 Å². The first-order valence-corrected chi connectivity index (χ1v) is 4.72. The molecule has 12 heavy (non-hydrogen) atoms. The quantitative estimate of drug-likeness (QED) is 0.643. The fourth-order valence-corrected chi connectivity index (χ4v) is 0.942. The van der Waals surface area contributed by atoms with E-state index in [0.29, 0.717) is 5.92 Å². The van der Waals surface area contributed by atoms with Crippen LogP contribution < -0.4 is 0 Å². The number of hydrogen-bond acceptors (Lipinski definition) is 1. The molecule has 72 valence electrons. The first-order valence-electron chi connectivity index (χ1n) is 4.72. The maximum atomic E-state index is 9.88. The van der Waals surface area contributed by atoms with Crippen LogP contribution >= 0.6 is 0 Å². The molecule has 0 rings (SSSR count). The van der Waals surface area contributed by atoms with Gasteiger partial charge in [0, 0.05) is 0 Å². The summed E-state index contributed by atoms with van der Waals surface area (Å²) in [6, 6.07) is 0. The van der Waals surface area contributed by atoms with Gasteiger partial charge in [0.15, 0.2) is 0 Å². The van der Waals surface area contributed by atoms with Crippen molar-refractivity contribution >= 4 is 0 Å². The van der Waals surface area contributed by atoms with E-state index in [4.69, 9.17) is 0 Å². The predicted molar refractivity (Wildman–Crippen MR) is 54.1 cm³/mol. The number of rotatable bonds is 4. The third-order valence-corrected chi connectivity index (χ3v) is 2.45. The second-order valence-electron chi connectivity index (χ2n) is 4.33. The summed E-state index contributed by atoms with van der Waals surface area (Å²) in [4.78, 5) is 0. The van der Waals surface area contributed by atoms with Crippen LogP contribution in [0.15, 0.2) is 11.6 Å². The van der Waals surface area contributed by atoms with Crippen LogP contribution in [-0.2, 0) is 0 Å². The highest BCUT2D eigenvalue weighted by Crippen LogP contribution is 2.22. The Labute approximate surface area is 76.5 Å². The van der Waals surface area contributed by atoms with Crippen molar-refractivity contribution in [2.45, 2.75) is 53.1 Å². The summed E-state index contributed by atoms with van der Waals surface area (Å²) in [6.45, 7) is 10.2. The molecule has 1 atom stereocenters. The molecular formula is C11H22O. The SMILES string of the molecule is CC(C)=CCCC(C)(O)C(C)C. The topological polar surface area (TPSA) is 20.2 Å². The number of aliphatic hydroxyl groups is 1. The Morgan fingerprint density at radius 2 is 1.92 bits per heavy atom. The van der Waals surface area contributed by atoms with Crippen molar-refractivity contribution in [1.82, 2.24) is 0 Å². The molecule has 0 radical (unpaired) electrons. The normalized spacial score (nSPS) is 15.9. The van der Waals surface area contributed by atoms with E-state index in [-0.39, 0.29) is 0 Å². The first-order chi connectivity index (χ1) is 5.36. The summed E-state index contributed by atoms with van der Waals surface area (Å²) < 4.78 is 0. The summed E-state index contributed by atoms with van der Waals surface area (Å²) >= 11 is 0. The zero-order chi connectivity index (χ0) is 9.78. The van der Waals surface area contributed by atoms with Crippen LogP contribution in [0.2, 0.25) is 0 Å². The third-order valence-electron chi connectivity index (χ3n) is 2.45. The Morgan fingerprint density at radius 3 is 2.25 bits per heavy atom. The Hall–Kier alpha value is -0.300. The fourth-order valence-electron chi connectivity index (χ4n) is 0.942. The smallest absolute Gasteiger partial charge is 0.0645 e. The maximum absolute atomic E-state index is 9.88. The van der Waals surface area contributed by atoms with Crippen molar-refractivity contribution in [3.05, 3.63) is 11.6 Å². The molecule has 0 aromatic heterocycles. The number of hydrogen-bond donors (Lipinski definition) is 1. The molecule has 1 unspecified atom stereocenters. The lowest BCUT2D eigenvalue weighted by Gasteiger charge is -2.27. The molecule has 1 nitrogen and oxygen atoms in total. The predicted octanol–water partition coefficient (Wildman–Crippen LogP) is 3.14. The summed E-state index contributed by atoms with van der Waals surface area (Å²) in [6.07, 6.45) is 4.01.